The van der Waals surface area contributed by atoms with Crippen LogP contribution in [0.25, 0.3) is 0 Å². The van der Waals surface area contributed by atoms with Crippen LogP contribution in [-0.4, -0.2) is 26.4 Å². The molecule has 0 heterocycles. The molecule has 2 aliphatic rings. The largest absolute Gasteiger partial charge is 0.388 e. The Kier molecular flexibility index (Phi) is 3.63. The number of hydrogen-bond acceptors (Lipinski definition) is 4. The number of rotatable bonds is 1. The van der Waals surface area contributed by atoms with E-state index in [4.69, 9.17) is 0 Å². The molecule has 1 N–H and O–H groups in total. The van der Waals surface area contributed by atoms with Crippen molar-refractivity contribution in [1.82, 2.24) is 0 Å². The van der Waals surface area contributed by atoms with Crippen LogP contribution in [0, 0.1) is 11.3 Å². The number of hydrogen-bond donors (Lipinski definition) is 1. The van der Waals surface area contributed by atoms with Crippen LogP contribution in [0.5, 0.6) is 0 Å². The van der Waals surface area contributed by atoms with Gasteiger partial charge in [0.2, 0.25) is 0 Å². The van der Waals surface area contributed by atoms with Gasteiger partial charge in [-0.15, -0.1) is 0 Å². The van der Waals surface area contributed by atoms with Gasteiger partial charge in [0.25, 0.3) is 0 Å². The predicted molar refractivity (Wildman–Crippen MR) is 77.0 cm³/mol. The Morgan fingerprint density at radius 2 is 2.00 bits per heavy atom. The third kappa shape index (κ3) is 2.38. The molecule has 0 radical (unpaired) electrons. The van der Waals surface area contributed by atoms with Gasteiger partial charge in [-0.25, -0.2) is 0 Å². The minimum absolute atomic E-state index is 0.0515. The molecule has 0 aromatic heterocycles. The monoisotopic (exact) mass is 284 g/mol. The summed E-state index contributed by atoms with van der Waals surface area (Å²) in [7, 11) is 0. The summed E-state index contributed by atoms with van der Waals surface area (Å²) in [6.07, 6.45) is 3.14. The third-order valence-corrected chi connectivity index (χ3v) is 5.84. The van der Waals surface area contributed by atoms with Crippen molar-refractivity contribution in [1.29, 1.82) is 0 Å². The highest BCUT2D eigenvalue weighted by Gasteiger charge is 2.63. The second kappa shape index (κ2) is 4.59. The summed E-state index contributed by atoms with van der Waals surface area (Å²) in [4.78, 5) is 24.6. The molecule has 0 aromatic carbocycles. The lowest BCUT2D eigenvalue weighted by Gasteiger charge is -2.47. The maximum Gasteiger partial charge on any atom is 0.195 e. The second-order valence-electron chi connectivity index (χ2n) is 7.16. The molecule has 2 saturated carbocycles. The van der Waals surface area contributed by atoms with Gasteiger partial charge in [-0.3, -0.25) is 9.59 Å². The molecule has 19 heavy (non-hydrogen) atoms. The summed E-state index contributed by atoms with van der Waals surface area (Å²) in [5.41, 5.74) is -1.82. The normalized spacial score (nSPS) is 39.2. The zero-order chi connectivity index (χ0) is 14.5. The Bertz CT molecular complexity index is 412. The first kappa shape index (κ1) is 15.0. The summed E-state index contributed by atoms with van der Waals surface area (Å²) < 4.78 is -0.149. The third-order valence-electron chi connectivity index (χ3n) is 4.74. The number of carbonyl (C=O) groups excluding carboxylic acids is 2. The lowest BCUT2D eigenvalue weighted by atomic mass is 9.61. The first-order valence-corrected chi connectivity index (χ1v) is 7.90. The molecule has 3 nitrogen and oxygen atoms in total. The van der Waals surface area contributed by atoms with Gasteiger partial charge in [0.15, 0.2) is 5.12 Å². The van der Waals surface area contributed by atoms with Crippen LogP contribution in [0.2, 0.25) is 0 Å². The molecule has 0 spiro atoms. The van der Waals surface area contributed by atoms with Gasteiger partial charge >= 0.3 is 0 Å². The molecule has 0 aromatic rings. The summed E-state index contributed by atoms with van der Waals surface area (Å²) >= 11 is 1.30. The first-order chi connectivity index (χ1) is 8.60. The number of Topliss-reactive ketones (excluding diaryl/α,β-unsaturated/α-hetero) is 1. The fourth-order valence-corrected chi connectivity index (χ4v) is 4.65. The molecule has 2 rings (SSSR count). The van der Waals surface area contributed by atoms with E-state index in [2.05, 4.69) is 0 Å². The standard InChI is InChI=1S/C15H24O3S/c1-13(2,3)19-12(17)10-6-5-8-14(4)11(16)7-9-15(10,14)18/h10,18H,5-9H2,1-4H3/t10-,14-,15+/m1/s1. The van der Waals surface area contributed by atoms with E-state index < -0.39 is 11.0 Å². The van der Waals surface area contributed by atoms with Crippen molar-refractivity contribution in [3.63, 3.8) is 0 Å². The average molecular weight is 284 g/mol. The molecule has 2 aliphatic carbocycles. The lowest BCUT2D eigenvalue weighted by molar-refractivity contribution is -0.156. The summed E-state index contributed by atoms with van der Waals surface area (Å²) in [5, 5.41) is 11.1. The minimum Gasteiger partial charge on any atom is -0.388 e. The van der Waals surface area contributed by atoms with E-state index in [0.717, 1.165) is 6.42 Å². The number of thioether (sulfide) groups is 1. The highest BCUT2D eigenvalue weighted by atomic mass is 32.2. The van der Waals surface area contributed by atoms with Crippen LogP contribution in [0.1, 0.15) is 59.8 Å². The Hall–Kier alpha value is -0.350. The maximum absolute atomic E-state index is 12.5. The van der Waals surface area contributed by atoms with Crippen molar-refractivity contribution in [2.45, 2.75) is 70.1 Å². The Morgan fingerprint density at radius 1 is 1.37 bits per heavy atom. The Balaban J connectivity index is 2.27. The lowest BCUT2D eigenvalue weighted by Crippen LogP contribution is -2.55. The van der Waals surface area contributed by atoms with Crippen molar-refractivity contribution >= 4 is 22.7 Å². The molecular formula is C15H24O3S. The number of aliphatic hydroxyl groups is 1. The van der Waals surface area contributed by atoms with Crippen LogP contribution in [0.3, 0.4) is 0 Å². The van der Waals surface area contributed by atoms with Gasteiger partial charge in [-0.2, -0.15) is 0 Å². The smallest absolute Gasteiger partial charge is 0.195 e. The molecule has 2 fully saturated rings. The first-order valence-electron chi connectivity index (χ1n) is 7.09. The molecule has 0 aliphatic heterocycles. The van der Waals surface area contributed by atoms with Crippen LogP contribution >= 0.6 is 11.8 Å². The van der Waals surface area contributed by atoms with Gasteiger partial charge in [-0.1, -0.05) is 39.0 Å². The van der Waals surface area contributed by atoms with Crippen molar-refractivity contribution in [3.8, 4) is 0 Å². The van der Waals surface area contributed by atoms with E-state index in [1.54, 1.807) is 0 Å². The van der Waals surface area contributed by atoms with E-state index >= 15 is 0 Å². The Labute approximate surface area is 119 Å². The van der Waals surface area contributed by atoms with Crippen molar-refractivity contribution in [3.05, 3.63) is 0 Å². The van der Waals surface area contributed by atoms with Crippen LogP contribution in [0.4, 0.5) is 0 Å². The van der Waals surface area contributed by atoms with Crippen LogP contribution in [-0.2, 0) is 9.59 Å². The molecule has 0 unspecified atom stereocenters. The molecule has 0 amide bonds. The highest BCUT2D eigenvalue weighted by molar-refractivity contribution is 8.14. The van der Waals surface area contributed by atoms with Gasteiger partial charge in [0.05, 0.1) is 16.9 Å². The van der Waals surface area contributed by atoms with E-state index in [-0.39, 0.29) is 21.6 Å². The molecule has 0 bridgehead atoms. The minimum atomic E-state index is -1.11. The van der Waals surface area contributed by atoms with E-state index in [1.807, 2.05) is 27.7 Å². The average Bonchev–Trinajstić information content (AvgIpc) is 2.49. The molecular weight excluding hydrogens is 260 g/mol. The van der Waals surface area contributed by atoms with Gasteiger partial charge < -0.3 is 5.11 Å². The molecule has 3 atom stereocenters. The zero-order valence-corrected chi connectivity index (χ0v) is 13.1. The molecule has 108 valence electrons. The molecule has 4 heteroatoms. The van der Waals surface area contributed by atoms with Gasteiger partial charge in [0.1, 0.15) is 5.78 Å². The second-order valence-corrected chi connectivity index (χ2v) is 8.99. The fraction of sp³-hybridized carbons (Fsp3) is 0.867. The van der Waals surface area contributed by atoms with Crippen LogP contribution < -0.4 is 0 Å². The van der Waals surface area contributed by atoms with Gasteiger partial charge in [-0.05, 0) is 26.2 Å². The van der Waals surface area contributed by atoms with E-state index in [9.17, 15) is 14.7 Å². The van der Waals surface area contributed by atoms with Crippen LogP contribution in [0.15, 0.2) is 0 Å². The highest BCUT2D eigenvalue weighted by Crippen LogP contribution is 2.56. The topological polar surface area (TPSA) is 54.4 Å². The maximum atomic E-state index is 12.5. The summed E-state index contributed by atoms with van der Waals surface area (Å²) in [6, 6.07) is 0. The summed E-state index contributed by atoms with van der Waals surface area (Å²) in [6.45, 7) is 7.86. The number of ketones is 1. The van der Waals surface area contributed by atoms with Gasteiger partial charge in [0, 0.05) is 11.2 Å². The number of carbonyl (C=O) groups is 2. The van der Waals surface area contributed by atoms with Crippen molar-refractivity contribution in [2.75, 3.05) is 0 Å². The van der Waals surface area contributed by atoms with Crippen molar-refractivity contribution < 1.29 is 14.7 Å². The zero-order valence-electron chi connectivity index (χ0n) is 12.3. The SMILES string of the molecule is CC(C)(C)SC(=O)[C@H]1CCC[C@]2(C)C(=O)CC[C@]12O. The van der Waals surface area contributed by atoms with Crippen molar-refractivity contribution in [2.24, 2.45) is 11.3 Å². The number of fused-ring (bicyclic) bond motifs is 1. The Morgan fingerprint density at radius 3 is 2.58 bits per heavy atom. The predicted octanol–water partition coefficient (Wildman–Crippen LogP) is 2.95. The quantitative estimate of drug-likeness (QED) is 0.804. The van der Waals surface area contributed by atoms with E-state index in [1.165, 1.54) is 11.8 Å². The molecule has 0 saturated heterocycles. The van der Waals surface area contributed by atoms with E-state index in [0.29, 0.717) is 25.7 Å². The summed E-state index contributed by atoms with van der Waals surface area (Å²) in [5.74, 6) is -0.254. The fourth-order valence-electron chi connectivity index (χ4n) is 3.60.